The molecule has 2 atom stereocenters. The van der Waals surface area contributed by atoms with Crippen LogP contribution in [0.25, 0.3) is 0 Å². The molecule has 11 heavy (non-hydrogen) atoms. The van der Waals surface area contributed by atoms with E-state index in [9.17, 15) is 4.79 Å². The monoisotopic (exact) mass is 158 g/mol. The summed E-state index contributed by atoms with van der Waals surface area (Å²) in [7, 11) is 0. The van der Waals surface area contributed by atoms with Crippen LogP contribution in [0.15, 0.2) is 0 Å². The third-order valence-electron chi connectivity index (χ3n) is 1.68. The molecule has 3 heteroatoms. The Kier molecular flexibility index (Phi) is 4.86. The van der Waals surface area contributed by atoms with Crippen molar-refractivity contribution in [1.29, 1.82) is 0 Å². The van der Waals surface area contributed by atoms with Gasteiger partial charge < -0.3 is 11.1 Å². The van der Waals surface area contributed by atoms with E-state index in [0.29, 0.717) is 6.04 Å². The second-order valence-electron chi connectivity index (χ2n) is 2.98. The largest absolute Gasteiger partial charge is 0.368 e. The molecule has 0 saturated heterocycles. The molecule has 0 aromatic heterocycles. The fraction of sp³-hybridized carbons (Fsp3) is 0.875. The number of carbonyl (C=O) groups is 1. The average molecular weight is 158 g/mol. The second kappa shape index (κ2) is 5.13. The minimum Gasteiger partial charge on any atom is -0.368 e. The van der Waals surface area contributed by atoms with E-state index < -0.39 is 0 Å². The van der Waals surface area contributed by atoms with Crippen molar-refractivity contribution in [2.45, 2.75) is 45.7 Å². The molecule has 3 N–H and O–H groups in total. The molecular weight excluding hydrogens is 140 g/mol. The first kappa shape index (κ1) is 10.4. The van der Waals surface area contributed by atoms with Crippen LogP contribution in [0.4, 0.5) is 0 Å². The lowest BCUT2D eigenvalue weighted by atomic mass is 10.1. The number of hydrogen-bond donors (Lipinski definition) is 2. The van der Waals surface area contributed by atoms with Gasteiger partial charge in [0.05, 0.1) is 6.04 Å². The first-order chi connectivity index (χ1) is 5.07. The van der Waals surface area contributed by atoms with Gasteiger partial charge in [-0.2, -0.15) is 0 Å². The zero-order chi connectivity index (χ0) is 8.85. The SMILES string of the molecule is CCCC(C)NC(C)C(N)=O. The lowest BCUT2D eigenvalue weighted by molar-refractivity contribution is -0.119. The minimum absolute atomic E-state index is 0.212. The molecule has 0 aromatic carbocycles. The number of carbonyl (C=O) groups excluding carboxylic acids is 1. The maximum absolute atomic E-state index is 10.6. The van der Waals surface area contributed by atoms with Crippen LogP contribution in [0.1, 0.15) is 33.6 Å². The van der Waals surface area contributed by atoms with Crippen molar-refractivity contribution in [1.82, 2.24) is 5.32 Å². The molecular formula is C8H18N2O. The van der Waals surface area contributed by atoms with E-state index in [1.54, 1.807) is 6.92 Å². The van der Waals surface area contributed by atoms with Gasteiger partial charge in [-0.05, 0) is 20.3 Å². The van der Waals surface area contributed by atoms with E-state index in [0.717, 1.165) is 12.8 Å². The molecule has 0 saturated carbocycles. The third kappa shape index (κ3) is 4.79. The highest BCUT2D eigenvalue weighted by Crippen LogP contribution is 1.95. The van der Waals surface area contributed by atoms with Crippen LogP contribution in [0.3, 0.4) is 0 Å². The van der Waals surface area contributed by atoms with Gasteiger partial charge in [-0.25, -0.2) is 0 Å². The van der Waals surface area contributed by atoms with Gasteiger partial charge in [-0.15, -0.1) is 0 Å². The van der Waals surface area contributed by atoms with E-state index in [1.807, 2.05) is 0 Å². The number of nitrogens with one attached hydrogen (secondary N) is 1. The summed E-state index contributed by atoms with van der Waals surface area (Å²) >= 11 is 0. The Bertz CT molecular complexity index is 125. The van der Waals surface area contributed by atoms with Crippen LogP contribution in [0.5, 0.6) is 0 Å². The van der Waals surface area contributed by atoms with Gasteiger partial charge in [0, 0.05) is 6.04 Å². The summed E-state index contributed by atoms with van der Waals surface area (Å²) < 4.78 is 0. The normalized spacial score (nSPS) is 15.9. The van der Waals surface area contributed by atoms with Crippen molar-refractivity contribution in [2.75, 3.05) is 0 Å². The van der Waals surface area contributed by atoms with Crippen molar-refractivity contribution in [2.24, 2.45) is 5.73 Å². The summed E-state index contributed by atoms with van der Waals surface area (Å²) in [6.45, 7) is 5.96. The molecule has 0 aliphatic carbocycles. The molecule has 0 bridgehead atoms. The Balaban J connectivity index is 3.56. The fourth-order valence-corrected chi connectivity index (χ4v) is 1.03. The second-order valence-corrected chi connectivity index (χ2v) is 2.98. The Hall–Kier alpha value is -0.570. The lowest BCUT2D eigenvalue weighted by Gasteiger charge is -2.16. The molecule has 0 rings (SSSR count). The summed E-state index contributed by atoms with van der Waals surface area (Å²) in [6, 6.07) is 0.166. The highest BCUT2D eigenvalue weighted by atomic mass is 16.1. The zero-order valence-corrected chi connectivity index (χ0v) is 7.55. The van der Waals surface area contributed by atoms with E-state index in [-0.39, 0.29) is 11.9 Å². The molecule has 0 aromatic rings. The van der Waals surface area contributed by atoms with Crippen LogP contribution in [0.2, 0.25) is 0 Å². The van der Waals surface area contributed by atoms with Crippen molar-refractivity contribution in [3.63, 3.8) is 0 Å². The molecule has 0 aliphatic heterocycles. The number of rotatable bonds is 5. The summed E-state index contributed by atoms with van der Waals surface area (Å²) in [4.78, 5) is 10.6. The first-order valence-corrected chi connectivity index (χ1v) is 4.13. The number of primary amides is 1. The lowest BCUT2D eigenvalue weighted by Crippen LogP contribution is -2.43. The molecule has 0 spiro atoms. The van der Waals surface area contributed by atoms with Crippen molar-refractivity contribution >= 4 is 5.91 Å². The fourth-order valence-electron chi connectivity index (χ4n) is 1.03. The van der Waals surface area contributed by atoms with Gasteiger partial charge in [0.1, 0.15) is 0 Å². The molecule has 3 nitrogen and oxygen atoms in total. The Morgan fingerprint density at radius 1 is 1.55 bits per heavy atom. The van der Waals surface area contributed by atoms with Crippen LogP contribution >= 0.6 is 0 Å². The predicted molar refractivity (Wildman–Crippen MR) is 46.2 cm³/mol. The summed E-state index contributed by atoms with van der Waals surface area (Å²) in [5.41, 5.74) is 5.08. The van der Waals surface area contributed by atoms with Crippen LogP contribution in [0, 0.1) is 0 Å². The molecule has 2 unspecified atom stereocenters. The summed E-state index contributed by atoms with van der Waals surface area (Å²) in [5.74, 6) is -0.284. The zero-order valence-electron chi connectivity index (χ0n) is 7.55. The predicted octanol–water partition coefficient (Wildman–Crippen LogP) is 0.638. The van der Waals surface area contributed by atoms with Gasteiger partial charge in [-0.1, -0.05) is 13.3 Å². The van der Waals surface area contributed by atoms with Gasteiger partial charge in [-0.3, -0.25) is 4.79 Å². The molecule has 66 valence electrons. The Morgan fingerprint density at radius 2 is 2.09 bits per heavy atom. The van der Waals surface area contributed by atoms with Gasteiger partial charge in [0.15, 0.2) is 0 Å². The Morgan fingerprint density at radius 3 is 2.45 bits per heavy atom. The highest BCUT2D eigenvalue weighted by molar-refractivity contribution is 5.79. The van der Waals surface area contributed by atoms with E-state index in [1.165, 1.54) is 0 Å². The van der Waals surface area contributed by atoms with Crippen LogP contribution in [-0.4, -0.2) is 18.0 Å². The minimum atomic E-state index is -0.284. The van der Waals surface area contributed by atoms with Crippen molar-refractivity contribution < 1.29 is 4.79 Å². The molecule has 0 fully saturated rings. The van der Waals surface area contributed by atoms with Crippen molar-refractivity contribution in [3.8, 4) is 0 Å². The van der Waals surface area contributed by atoms with Crippen LogP contribution in [-0.2, 0) is 4.79 Å². The topological polar surface area (TPSA) is 55.1 Å². The van der Waals surface area contributed by atoms with Gasteiger partial charge in [0.25, 0.3) is 0 Å². The highest BCUT2D eigenvalue weighted by Gasteiger charge is 2.10. The molecule has 0 radical (unpaired) electrons. The maximum atomic E-state index is 10.6. The first-order valence-electron chi connectivity index (χ1n) is 4.13. The smallest absolute Gasteiger partial charge is 0.234 e. The van der Waals surface area contributed by atoms with E-state index >= 15 is 0 Å². The maximum Gasteiger partial charge on any atom is 0.234 e. The number of nitrogens with two attached hydrogens (primary N) is 1. The van der Waals surface area contributed by atoms with E-state index in [4.69, 9.17) is 5.73 Å². The Labute approximate surface area is 68.3 Å². The standard InChI is InChI=1S/C8H18N2O/c1-4-5-6(2)10-7(3)8(9)11/h6-7,10H,4-5H2,1-3H3,(H2,9,11). The molecule has 0 heterocycles. The number of amides is 1. The third-order valence-corrected chi connectivity index (χ3v) is 1.68. The average Bonchev–Trinajstić information content (AvgIpc) is 1.87. The quantitative estimate of drug-likeness (QED) is 0.617. The summed E-state index contributed by atoms with van der Waals surface area (Å²) in [5, 5.41) is 3.11. The number of hydrogen-bond acceptors (Lipinski definition) is 2. The van der Waals surface area contributed by atoms with Crippen molar-refractivity contribution in [3.05, 3.63) is 0 Å². The van der Waals surface area contributed by atoms with Gasteiger partial charge in [0.2, 0.25) is 5.91 Å². The summed E-state index contributed by atoms with van der Waals surface area (Å²) in [6.07, 6.45) is 2.21. The van der Waals surface area contributed by atoms with Crippen LogP contribution < -0.4 is 11.1 Å². The molecule has 0 aliphatic rings. The molecule has 1 amide bonds. The van der Waals surface area contributed by atoms with E-state index in [2.05, 4.69) is 19.2 Å². The van der Waals surface area contributed by atoms with Gasteiger partial charge >= 0.3 is 0 Å².